The average molecular weight is 223 g/mol. The van der Waals surface area contributed by atoms with Crippen LogP contribution in [0.25, 0.3) is 10.3 Å². The highest BCUT2D eigenvalue weighted by Gasteiger charge is 2.10. The van der Waals surface area contributed by atoms with E-state index < -0.39 is 0 Å². The molecule has 0 bridgehead atoms. The Hall–Kier alpha value is -1.62. The molecule has 0 spiro atoms. The summed E-state index contributed by atoms with van der Waals surface area (Å²) < 4.78 is 5.60. The molecule has 1 aromatic heterocycles. The molecular formula is C10H9NO3S. The normalized spacial score (nSPS) is 10.5. The van der Waals surface area contributed by atoms with E-state index >= 15 is 0 Å². The zero-order valence-electron chi connectivity index (χ0n) is 8.31. The van der Waals surface area contributed by atoms with E-state index in [0.29, 0.717) is 15.8 Å². The highest BCUT2D eigenvalue weighted by atomic mass is 32.1. The number of fused-ring (bicyclic) bond motifs is 1. The van der Waals surface area contributed by atoms with Crippen LogP contribution in [0.5, 0.6) is 0 Å². The van der Waals surface area contributed by atoms with E-state index in [1.807, 2.05) is 0 Å². The van der Waals surface area contributed by atoms with E-state index in [1.165, 1.54) is 4.90 Å². The maximum absolute atomic E-state index is 11.6. The van der Waals surface area contributed by atoms with Gasteiger partial charge < -0.3 is 9.32 Å². The zero-order chi connectivity index (χ0) is 11.0. The molecule has 1 amide bonds. The molecule has 0 radical (unpaired) electrons. The SMILES string of the molecule is CN(C)C(=O)c1ccc2oc(=O)sc2c1. The number of rotatable bonds is 1. The largest absolute Gasteiger partial charge is 0.414 e. The molecule has 0 N–H and O–H groups in total. The highest BCUT2D eigenvalue weighted by molar-refractivity contribution is 7.16. The second-order valence-corrected chi connectivity index (χ2v) is 4.29. The maximum Gasteiger partial charge on any atom is 0.396 e. The van der Waals surface area contributed by atoms with E-state index in [1.54, 1.807) is 32.3 Å². The van der Waals surface area contributed by atoms with Crippen molar-refractivity contribution in [2.24, 2.45) is 0 Å². The van der Waals surface area contributed by atoms with E-state index in [0.717, 1.165) is 11.3 Å². The summed E-state index contributed by atoms with van der Waals surface area (Å²) in [5.41, 5.74) is 1.09. The topological polar surface area (TPSA) is 50.5 Å². The van der Waals surface area contributed by atoms with Crippen LogP contribution in [0.4, 0.5) is 0 Å². The third-order valence-electron chi connectivity index (χ3n) is 1.98. The molecule has 0 saturated heterocycles. The molecule has 2 aromatic rings. The van der Waals surface area contributed by atoms with Crippen molar-refractivity contribution in [1.82, 2.24) is 4.90 Å². The molecule has 2 rings (SSSR count). The van der Waals surface area contributed by atoms with Crippen LogP contribution in [-0.4, -0.2) is 24.9 Å². The summed E-state index contributed by atoms with van der Waals surface area (Å²) in [6, 6.07) is 4.97. The van der Waals surface area contributed by atoms with Crippen LogP contribution in [0.3, 0.4) is 0 Å². The van der Waals surface area contributed by atoms with E-state index in [2.05, 4.69) is 0 Å². The Labute approximate surface area is 89.7 Å². The van der Waals surface area contributed by atoms with Gasteiger partial charge in [-0.3, -0.25) is 4.79 Å². The summed E-state index contributed by atoms with van der Waals surface area (Å²) in [5, 5.41) is 0. The monoisotopic (exact) mass is 223 g/mol. The van der Waals surface area contributed by atoms with Gasteiger partial charge in [-0.2, -0.15) is 0 Å². The first-order chi connectivity index (χ1) is 7.08. The minimum atomic E-state index is -0.348. The minimum absolute atomic E-state index is 0.0854. The highest BCUT2D eigenvalue weighted by Crippen LogP contribution is 2.18. The van der Waals surface area contributed by atoms with Crippen molar-refractivity contribution < 1.29 is 9.21 Å². The van der Waals surface area contributed by atoms with Gasteiger partial charge in [-0.05, 0) is 18.2 Å². The number of carbonyl (C=O) groups excluding carboxylic acids is 1. The minimum Gasteiger partial charge on any atom is -0.414 e. The van der Waals surface area contributed by atoms with Crippen molar-refractivity contribution in [2.75, 3.05) is 14.1 Å². The number of hydrogen-bond acceptors (Lipinski definition) is 4. The Balaban J connectivity index is 2.55. The first-order valence-corrected chi connectivity index (χ1v) is 5.15. The lowest BCUT2D eigenvalue weighted by atomic mass is 10.2. The van der Waals surface area contributed by atoms with Crippen molar-refractivity contribution in [3.8, 4) is 0 Å². The number of hydrogen-bond donors (Lipinski definition) is 0. The lowest BCUT2D eigenvalue weighted by Crippen LogP contribution is -2.21. The molecule has 4 nitrogen and oxygen atoms in total. The Morgan fingerprint density at radius 1 is 1.40 bits per heavy atom. The van der Waals surface area contributed by atoms with Gasteiger partial charge in [0.05, 0.1) is 4.70 Å². The fraction of sp³-hybridized carbons (Fsp3) is 0.200. The maximum atomic E-state index is 11.6. The lowest BCUT2D eigenvalue weighted by molar-refractivity contribution is 0.0828. The third-order valence-corrected chi connectivity index (χ3v) is 2.77. The average Bonchev–Trinajstić information content (AvgIpc) is 2.55. The molecule has 0 aliphatic heterocycles. The molecule has 0 atom stereocenters. The summed E-state index contributed by atoms with van der Waals surface area (Å²) >= 11 is 1.00. The Kier molecular flexibility index (Phi) is 2.32. The molecule has 15 heavy (non-hydrogen) atoms. The van der Waals surface area contributed by atoms with E-state index in [9.17, 15) is 9.59 Å². The van der Waals surface area contributed by atoms with Crippen LogP contribution in [0.2, 0.25) is 0 Å². The number of benzene rings is 1. The predicted molar refractivity (Wildman–Crippen MR) is 58.4 cm³/mol. The molecule has 78 valence electrons. The van der Waals surface area contributed by atoms with Crippen molar-refractivity contribution in [2.45, 2.75) is 0 Å². The van der Waals surface area contributed by atoms with Gasteiger partial charge in [0.1, 0.15) is 5.58 Å². The molecule has 0 aliphatic rings. The van der Waals surface area contributed by atoms with Gasteiger partial charge in [0, 0.05) is 19.7 Å². The second kappa shape index (κ2) is 3.51. The van der Waals surface area contributed by atoms with Crippen LogP contribution in [0.15, 0.2) is 27.4 Å². The predicted octanol–water partition coefficient (Wildman–Crippen LogP) is 1.56. The molecule has 1 aromatic carbocycles. The summed E-state index contributed by atoms with van der Waals surface area (Å²) in [5.74, 6) is -0.0854. The molecule has 1 heterocycles. The Morgan fingerprint density at radius 2 is 2.13 bits per heavy atom. The van der Waals surface area contributed by atoms with Gasteiger partial charge in [-0.1, -0.05) is 11.3 Å². The molecule has 0 fully saturated rings. The van der Waals surface area contributed by atoms with Gasteiger partial charge in [0.15, 0.2) is 0 Å². The van der Waals surface area contributed by atoms with Crippen LogP contribution < -0.4 is 4.94 Å². The zero-order valence-corrected chi connectivity index (χ0v) is 9.13. The first-order valence-electron chi connectivity index (χ1n) is 4.33. The number of carbonyl (C=O) groups is 1. The summed E-state index contributed by atoms with van der Waals surface area (Å²) in [4.78, 5) is 23.7. The third kappa shape index (κ3) is 1.78. The van der Waals surface area contributed by atoms with E-state index in [4.69, 9.17) is 4.42 Å². The van der Waals surface area contributed by atoms with Crippen LogP contribution in [-0.2, 0) is 0 Å². The number of nitrogens with zero attached hydrogens (tertiary/aromatic N) is 1. The van der Waals surface area contributed by atoms with E-state index in [-0.39, 0.29) is 10.8 Å². The van der Waals surface area contributed by atoms with Gasteiger partial charge in [-0.25, -0.2) is 4.79 Å². The lowest BCUT2D eigenvalue weighted by Gasteiger charge is -2.09. The fourth-order valence-electron chi connectivity index (χ4n) is 1.26. The van der Waals surface area contributed by atoms with Gasteiger partial charge in [0.25, 0.3) is 5.91 Å². The van der Waals surface area contributed by atoms with Crippen LogP contribution >= 0.6 is 11.3 Å². The van der Waals surface area contributed by atoms with Gasteiger partial charge in [0.2, 0.25) is 0 Å². The Bertz CT molecular complexity index is 567. The van der Waals surface area contributed by atoms with Crippen molar-refractivity contribution >= 4 is 27.5 Å². The molecule has 0 unspecified atom stereocenters. The summed E-state index contributed by atoms with van der Waals surface area (Å²) in [6.45, 7) is 0. The summed E-state index contributed by atoms with van der Waals surface area (Å²) in [6.07, 6.45) is 0. The summed E-state index contributed by atoms with van der Waals surface area (Å²) in [7, 11) is 3.37. The van der Waals surface area contributed by atoms with Crippen molar-refractivity contribution in [3.05, 3.63) is 33.5 Å². The fourth-order valence-corrected chi connectivity index (χ4v) is 1.97. The van der Waals surface area contributed by atoms with Gasteiger partial charge >= 0.3 is 4.94 Å². The Morgan fingerprint density at radius 3 is 2.80 bits per heavy atom. The van der Waals surface area contributed by atoms with Crippen molar-refractivity contribution in [1.29, 1.82) is 0 Å². The van der Waals surface area contributed by atoms with Crippen LogP contribution in [0, 0.1) is 0 Å². The van der Waals surface area contributed by atoms with Gasteiger partial charge in [-0.15, -0.1) is 0 Å². The molecule has 0 saturated carbocycles. The number of amides is 1. The standard InChI is InChI=1S/C10H9NO3S/c1-11(2)9(12)6-3-4-7-8(5-6)15-10(13)14-7/h3-5H,1-2H3. The molecular weight excluding hydrogens is 214 g/mol. The molecule has 5 heteroatoms. The second-order valence-electron chi connectivity index (χ2n) is 3.32. The van der Waals surface area contributed by atoms with Crippen LogP contribution in [0.1, 0.15) is 10.4 Å². The van der Waals surface area contributed by atoms with Crippen molar-refractivity contribution in [3.63, 3.8) is 0 Å². The quantitative estimate of drug-likeness (QED) is 0.737. The molecule has 0 aliphatic carbocycles. The smallest absolute Gasteiger partial charge is 0.396 e. The first kappa shape index (κ1) is 9.92.